The second kappa shape index (κ2) is 6.31. The van der Waals surface area contributed by atoms with Crippen LogP contribution < -0.4 is 0 Å². The van der Waals surface area contributed by atoms with Crippen molar-refractivity contribution in [1.82, 2.24) is 14.5 Å². The van der Waals surface area contributed by atoms with Crippen LogP contribution >= 0.6 is 0 Å². The summed E-state index contributed by atoms with van der Waals surface area (Å²) in [5.41, 5.74) is 1.14. The molecule has 2 aromatic rings. The molecule has 0 atom stereocenters. The zero-order valence-corrected chi connectivity index (χ0v) is 10.6. The molecule has 0 bridgehead atoms. The number of benzene rings is 1. The molecule has 96 valence electrons. The van der Waals surface area contributed by atoms with Gasteiger partial charge in [0.2, 0.25) is 0 Å². The zero-order chi connectivity index (χ0) is 12.8. The highest BCUT2D eigenvalue weighted by Gasteiger charge is 2.01. The van der Waals surface area contributed by atoms with E-state index in [1.807, 2.05) is 24.7 Å². The third-order valence-electron chi connectivity index (χ3n) is 2.88. The van der Waals surface area contributed by atoms with Crippen molar-refractivity contribution >= 4 is 0 Å². The fraction of sp³-hybridized carbons (Fsp3) is 0.357. The molecule has 0 N–H and O–H groups in total. The quantitative estimate of drug-likeness (QED) is 0.782. The lowest BCUT2D eigenvalue weighted by Gasteiger charge is -2.16. The van der Waals surface area contributed by atoms with Crippen LogP contribution in [0.4, 0.5) is 4.39 Å². The van der Waals surface area contributed by atoms with Gasteiger partial charge in [0.1, 0.15) is 5.82 Å². The molecule has 0 amide bonds. The minimum atomic E-state index is -0.179. The molecule has 0 spiro atoms. The van der Waals surface area contributed by atoms with Gasteiger partial charge in [-0.2, -0.15) is 0 Å². The van der Waals surface area contributed by atoms with Crippen LogP contribution in [-0.2, 0) is 13.1 Å². The van der Waals surface area contributed by atoms with E-state index in [2.05, 4.69) is 21.5 Å². The summed E-state index contributed by atoms with van der Waals surface area (Å²) in [5.74, 6) is -0.179. The lowest BCUT2D eigenvalue weighted by atomic mass is 10.2. The van der Waals surface area contributed by atoms with Crippen LogP contribution in [0.15, 0.2) is 43.0 Å². The van der Waals surface area contributed by atoms with Crippen LogP contribution in [0.3, 0.4) is 0 Å². The van der Waals surface area contributed by atoms with Gasteiger partial charge in [0.25, 0.3) is 0 Å². The molecule has 0 radical (unpaired) electrons. The van der Waals surface area contributed by atoms with E-state index in [9.17, 15) is 4.39 Å². The summed E-state index contributed by atoms with van der Waals surface area (Å²) in [6, 6.07) is 6.69. The molecule has 2 rings (SSSR count). The first kappa shape index (κ1) is 12.8. The van der Waals surface area contributed by atoms with Crippen molar-refractivity contribution in [2.45, 2.75) is 19.5 Å². The van der Waals surface area contributed by atoms with E-state index < -0.39 is 0 Å². The standard InChI is InChI=1S/C14H18FN3/c1-17(8-2-9-18-10-7-16-12-18)11-13-3-5-14(15)6-4-13/h3-7,10,12H,2,8-9,11H2,1H3. The smallest absolute Gasteiger partial charge is 0.123 e. The molecule has 0 unspecified atom stereocenters. The zero-order valence-electron chi connectivity index (χ0n) is 10.6. The third kappa shape index (κ3) is 3.96. The highest BCUT2D eigenvalue weighted by Crippen LogP contribution is 2.06. The molecule has 18 heavy (non-hydrogen) atoms. The van der Waals surface area contributed by atoms with Crippen molar-refractivity contribution in [1.29, 1.82) is 0 Å². The minimum Gasteiger partial charge on any atom is -0.337 e. The summed E-state index contributed by atoms with van der Waals surface area (Å²) < 4.78 is 14.8. The van der Waals surface area contributed by atoms with E-state index in [1.165, 1.54) is 12.1 Å². The molecule has 1 aromatic heterocycles. The van der Waals surface area contributed by atoms with Crippen molar-refractivity contribution in [2.75, 3.05) is 13.6 Å². The van der Waals surface area contributed by atoms with E-state index in [0.29, 0.717) is 0 Å². The molecule has 0 saturated heterocycles. The summed E-state index contributed by atoms with van der Waals surface area (Å²) >= 11 is 0. The number of aryl methyl sites for hydroxylation is 1. The van der Waals surface area contributed by atoms with E-state index >= 15 is 0 Å². The van der Waals surface area contributed by atoms with Gasteiger partial charge >= 0.3 is 0 Å². The summed E-state index contributed by atoms with van der Waals surface area (Å²) in [6.45, 7) is 2.84. The fourth-order valence-electron chi connectivity index (χ4n) is 1.92. The molecule has 4 heteroatoms. The van der Waals surface area contributed by atoms with Gasteiger partial charge < -0.3 is 9.47 Å². The first-order valence-electron chi connectivity index (χ1n) is 6.13. The predicted octanol–water partition coefficient (Wildman–Crippen LogP) is 2.54. The molecule has 0 aliphatic carbocycles. The molecule has 0 aliphatic heterocycles. The summed E-state index contributed by atoms with van der Waals surface area (Å²) in [5, 5.41) is 0. The second-order valence-electron chi connectivity index (χ2n) is 4.52. The number of hydrogen-bond donors (Lipinski definition) is 0. The maximum atomic E-state index is 12.8. The largest absolute Gasteiger partial charge is 0.337 e. The Hall–Kier alpha value is -1.68. The molecule has 3 nitrogen and oxygen atoms in total. The van der Waals surface area contributed by atoms with E-state index in [-0.39, 0.29) is 5.82 Å². The predicted molar refractivity (Wildman–Crippen MR) is 69.6 cm³/mol. The number of hydrogen-bond acceptors (Lipinski definition) is 2. The number of aromatic nitrogens is 2. The van der Waals surface area contributed by atoms with Gasteiger partial charge in [0.15, 0.2) is 0 Å². The average Bonchev–Trinajstić information content (AvgIpc) is 2.85. The van der Waals surface area contributed by atoms with Crippen molar-refractivity contribution in [3.8, 4) is 0 Å². The normalized spacial score (nSPS) is 11.1. The van der Waals surface area contributed by atoms with Crippen molar-refractivity contribution in [2.24, 2.45) is 0 Å². The van der Waals surface area contributed by atoms with E-state index in [0.717, 1.165) is 31.6 Å². The van der Waals surface area contributed by atoms with Crippen molar-refractivity contribution < 1.29 is 4.39 Å². The van der Waals surface area contributed by atoms with E-state index in [1.54, 1.807) is 6.20 Å². The Labute approximate surface area is 107 Å². The van der Waals surface area contributed by atoms with Crippen LogP contribution in [0.5, 0.6) is 0 Å². The Morgan fingerprint density at radius 2 is 2.06 bits per heavy atom. The topological polar surface area (TPSA) is 21.1 Å². The van der Waals surface area contributed by atoms with Gasteiger partial charge in [-0.15, -0.1) is 0 Å². The SMILES string of the molecule is CN(CCCn1ccnc1)Cc1ccc(F)cc1. The Kier molecular flexibility index (Phi) is 4.47. The number of rotatable bonds is 6. The summed E-state index contributed by atoms with van der Waals surface area (Å²) in [4.78, 5) is 6.25. The summed E-state index contributed by atoms with van der Waals surface area (Å²) in [6.07, 6.45) is 6.68. The molecule has 0 saturated carbocycles. The number of halogens is 1. The maximum Gasteiger partial charge on any atom is 0.123 e. The molecular formula is C14H18FN3. The minimum absolute atomic E-state index is 0.179. The first-order valence-corrected chi connectivity index (χ1v) is 6.13. The van der Waals surface area contributed by atoms with Gasteiger partial charge in [0, 0.05) is 25.5 Å². The van der Waals surface area contributed by atoms with Crippen molar-refractivity contribution in [3.63, 3.8) is 0 Å². The highest BCUT2D eigenvalue weighted by atomic mass is 19.1. The Bertz CT molecular complexity index is 450. The van der Waals surface area contributed by atoms with Gasteiger partial charge in [0.05, 0.1) is 6.33 Å². The van der Waals surface area contributed by atoms with E-state index in [4.69, 9.17) is 0 Å². The Morgan fingerprint density at radius 3 is 2.72 bits per heavy atom. The number of imidazole rings is 1. The van der Waals surface area contributed by atoms with Crippen LogP contribution in [0.25, 0.3) is 0 Å². The highest BCUT2D eigenvalue weighted by molar-refractivity contribution is 5.15. The lowest BCUT2D eigenvalue weighted by molar-refractivity contribution is 0.314. The van der Waals surface area contributed by atoms with Crippen LogP contribution in [-0.4, -0.2) is 28.0 Å². The Balaban J connectivity index is 1.71. The molecule has 1 aromatic carbocycles. The third-order valence-corrected chi connectivity index (χ3v) is 2.88. The molecule has 0 aliphatic rings. The molecule has 0 fully saturated rings. The maximum absolute atomic E-state index is 12.8. The van der Waals surface area contributed by atoms with Crippen LogP contribution in [0.1, 0.15) is 12.0 Å². The van der Waals surface area contributed by atoms with Crippen LogP contribution in [0.2, 0.25) is 0 Å². The Morgan fingerprint density at radius 1 is 1.28 bits per heavy atom. The van der Waals surface area contributed by atoms with Crippen molar-refractivity contribution in [3.05, 3.63) is 54.4 Å². The second-order valence-corrected chi connectivity index (χ2v) is 4.52. The first-order chi connectivity index (χ1) is 8.74. The number of nitrogens with zero attached hydrogens (tertiary/aromatic N) is 3. The fourth-order valence-corrected chi connectivity index (χ4v) is 1.92. The van der Waals surface area contributed by atoms with Crippen LogP contribution in [0, 0.1) is 5.82 Å². The van der Waals surface area contributed by atoms with Gasteiger partial charge in [-0.05, 0) is 37.7 Å². The summed E-state index contributed by atoms with van der Waals surface area (Å²) in [7, 11) is 2.08. The lowest BCUT2D eigenvalue weighted by Crippen LogP contribution is -2.20. The molecule has 1 heterocycles. The van der Waals surface area contributed by atoms with Gasteiger partial charge in [-0.1, -0.05) is 12.1 Å². The molecular weight excluding hydrogens is 229 g/mol. The van der Waals surface area contributed by atoms with Gasteiger partial charge in [-0.25, -0.2) is 9.37 Å². The average molecular weight is 247 g/mol. The monoisotopic (exact) mass is 247 g/mol. The van der Waals surface area contributed by atoms with Gasteiger partial charge in [-0.3, -0.25) is 0 Å².